The maximum atomic E-state index is 6.12. The molecule has 0 aromatic heterocycles. The zero-order valence-electron chi connectivity index (χ0n) is 16.3. The molecule has 0 bridgehead atoms. The highest BCUT2D eigenvalue weighted by molar-refractivity contribution is 5.80. The van der Waals surface area contributed by atoms with E-state index in [1.165, 1.54) is 38.5 Å². The monoisotopic (exact) mass is 361 g/mol. The molecule has 2 heterocycles. The molecule has 0 aromatic rings. The van der Waals surface area contributed by atoms with E-state index in [-0.39, 0.29) is 0 Å². The smallest absolute Gasteiger partial charge is 0.194 e. The van der Waals surface area contributed by atoms with Crippen molar-refractivity contribution in [3.8, 4) is 0 Å². The van der Waals surface area contributed by atoms with Gasteiger partial charge < -0.3 is 19.7 Å². The first-order valence-electron chi connectivity index (χ1n) is 11.1. The van der Waals surface area contributed by atoms with Gasteiger partial charge in [-0.25, -0.2) is 0 Å². The van der Waals surface area contributed by atoms with Gasteiger partial charge in [-0.1, -0.05) is 6.42 Å². The van der Waals surface area contributed by atoms with Crippen molar-refractivity contribution in [2.75, 3.05) is 32.8 Å². The Bertz CT molecular complexity index is 535. The Hall–Kier alpha value is -0.810. The number of likely N-dealkylation sites (tertiary alicyclic amines) is 1. The molecule has 5 heteroatoms. The van der Waals surface area contributed by atoms with Crippen molar-refractivity contribution in [2.45, 2.75) is 76.5 Å². The third kappa shape index (κ3) is 2.95. The van der Waals surface area contributed by atoms with Crippen LogP contribution in [0.4, 0.5) is 0 Å². The number of hydrogen-bond acceptors (Lipinski definition) is 3. The predicted molar refractivity (Wildman–Crippen MR) is 102 cm³/mol. The average molecular weight is 362 g/mol. The van der Waals surface area contributed by atoms with Crippen LogP contribution in [0.5, 0.6) is 0 Å². The number of nitrogens with one attached hydrogen (secondary N) is 1. The first-order chi connectivity index (χ1) is 12.8. The Kier molecular flexibility index (Phi) is 4.64. The van der Waals surface area contributed by atoms with Crippen molar-refractivity contribution in [3.63, 3.8) is 0 Å². The summed E-state index contributed by atoms with van der Waals surface area (Å²) >= 11 is 0. The van der Waals surface area contributed by atoms with E-state index in [2.05, 4.69) is 17.1 Å². The SMILES string of the molecule is CCN=C(NC1C2CCOC2C12CCC2)N1CCC(OCC2CC2)CC1. The van der Waals surface area contributed by atoms with Gasteiger partial charge in [0, 0.05) is 50.2 Å². The van der Waals surface area contributed by atoms with Crippen molar-refractivity contribution in [1.82, 2.24) is 10.2 Å². The van der Waals surface area contributed by atoms with Gasteiger partial charge in [-0.2, -0.15) is 0 Å². The maximum Gasteiger partial charge on any atom is 0.194 e. The molecule has 0 amide bonds. The zero-order chi connectivity index (χ0) is 17.6. The standard InChI is InChI=1S/C21H35N3O2/c1-2-22-20(24-11-6-16(7-12-24)26-14-15-4-5-15)23-18-17-8-13-25-19(17)21(18)9-3-10-21/h15-19H,2-14H2,1H3,(H,22,23). The number of nitrogens with zero attached hydrogens (tertiary/aromatic N) is 2. The van der Waals surface area contributed by atoms with Gasteiger partial charge in [-0.15, -0.1) is 0 Å². The van der Waals surface area contributed by atoms with Crippen molar-refractivity contribution in [2.24, 2.45) is 22.2 Å². The first-order valence-corrected chi connectivity index (χ1v) is 11.1. The minimum absolute atomic E-state index is 0.418. The highest BCUT2D eigenvalue weighted by Crippen LogP contribution is 2.62. The molecule has 146 valence electrons. The highest BCUT2D eigenvalue weighted by atomic mass is 16.5. The molecule has 5 fully saturated rings. The normalized spacial score (nSPS) is 36.6. The van der Waals surface area contributed by atoms with E-state index in [9.17, 15) is 0 Å². The number of guanidine groups is 1. The zero-order valence-corrected chi connectivity index (χ0v) is 16.3. The Morgan fingerprint density at radius 2 is 2.00 bits per heavy atom. The fraction of sp³-hybridized carbons (Fsp3) is 0.952. The lowest BCUT2D eigenvalue weighted by Crippen LogP contribution is -2.72. The minimum atomic E-state index is 0.418. The third-order valence-corrected chi connectivity index (χ3v) is 7.63. The van der Waals surface area contributed by atoms with E-state index in [0.717, 1.165) is 57.6 Å². The van der Waals surface area contributed by atoms with Gasteiger partial charge in [-0.05, 0) is 57.8 Å². The molecule has 3 unspecified atom stereocenters. The molecule has 3 saturated carbocycles. The number of fused-ring (bicyclic) bond motifs is 2. The molecule has 0 radical (unpaired) electrons. The van der Waals surface area contributed by atoms with Crippen LogP contribution in [0.2, 0.25) is 0 Å². The number of piperidine rings is 1. The largest absolute Gasteiger partial charge is 0.378 e. The summed E-state index contributed by atoms with van der Waals surface area (Å²) in [6, 6.07) is 0.581. The summed E-state index contributed by atoms with van der Waals surface area (Å²) in [5.74, 6) is 2.72. The summed E-state index contributed by atoms with van der Waals surface area (Å²) < 4.78 is 12.2. The van der Waals surface area contributed by atoms with E-state index in [1.54, 1.807) is 0 Å². The fourth-order valence-corrected chi connectivity index (χ4v) is 5.77. The summed E-state index contributed by atoms with van der Waals surface area (Å²) in [6.45, 7) is 7.10. The molecule has 5 rings (SSSR count). The topological polar surface area (TPSA) is 46.1 Å². The Morgan fingerprint density at radius 3 is 2.65 bits per heavy atom. The molecule has 0 aromatic carbocycles. The molecule has 1 N–H and O–H groups in total. The summed E-state index contributed by atoms with van der Waals surface area (Å²) in [6.07, 6.45) is 11.3. The first kappa shape index (κ1) is 17.3. The van der Waals surface area contributed by atoms with Gasteiger partial charge in [0.25, 0.3) is 0 Å². The van der Waals surface area contributed by atoms with Crippen LogP contribution in [-0.4, -0.2) is 62.0 Å². The van der Waals surface area contributed by atoms with Crippen LogP contribution in [-0.2, 0) is 9.47 Å². The van der Waals surface area contributed by atoms with E-state index in [0.29, 0.717) is 29.6 Å². The van der Waals surface area contributed by atoms with Crippen LogP contribution in [0.25, 0.3) is 0 Å². The van der Waals surface area contributed by atoms with Gasteiger partial charge in [0.1, 0.15) is 0 Å². The highest BCUT2D eigenvalue weighted by Gasteiger charge is 2.66. The number of ether oxygens (including phenoxy) is 2. The summed E-state index contributed by atoms with van der Waals surface area (Å²) in [4.78, 5) is 7.35. The Labute approximate surface area is 157 Å². The van der Waals surface area contributed by atoms with E-state index in [4.69, 9.17) is 14.5 Å². The van der Waals surface area contributed by atoms with Crippen LogP contribution in [0.1, 0.15) is 58.3 Å². The lowest BCUT2D eigenvalue weighted by atomic mass is 9.46. The molecule has 1 spiro atoms. The van der Waals surface area contributed by atoms with Crippen molar-refractivity contribution in [1.29, 1.82) is 0 Å². The van der Waals surface area contributed by atoms with Gasteiger partial charge in [-0.3, -0.25) is 4.99 Å². The average Bonchev–Trinajstić information content (AvgIpc) is 3.35. The summed E-state index contributed by atoms with van der Waals surface area (Å²) in [7, 11) is 0. The summed E-state index contributed by atoms with van der Waals surface area (Å²) in [5.41, 5.74) is 0.418. The Morgan fingerprint density at radius 1 is 1.19 bits per heavy atom. The molecule has 5 nitrogen and oxygen atoms in total. The van der Waals surface area contributed by atoms with Crippen LogP contribution >= 0.6 is 0 Å². The third-order valence-electron chi connectivity index (χ3n) is 7.63. The molecule has 2 saturated heterocycles. The molecular weight excluding hydrogens is 326 g/mol. The second kappa shape index (κ2) is 6.97. The molecule has 5 aliphatic rings. The molecule has 26 heavy (non-hydrogen) atoms. The molecule has 2 aliphatic heterocycles. The number of rotatable bonds is 5. The van der Waals surface area contributed by atoms with Crippen molar-refractivity contribution >= 4 is 5.96 Å². The van der Waals surface area contributed by atoms with Crippen LogP contribution in [0.15, 0.2) is 4.99 Å². The van der Waals surface area contributed by atoms with Gasteiger partial charge in [0.15, 0.2) is 5.96 Å². The summed E-state index contributed by atoms with van der Waals surface area (Å²) in [5, 5.41) is 3.92. The lowest BCUT2D eigenvalue weighted by molar-refractivity contribution is -0.171. The number of aliphatic imine (C=N–C) groups is 1. The van der Waals surface area contributed by atoms with Crippen LogP contribution in [0, 0.1) is 17.3 Å². The molecular formula is C21H35N3O2. The van der Waals surface area contributed by atoms with E-state index < -0.39 is 0 Å². The van der Waals surface area contributed by atoms with Gasteiger partial charge in [0.2, 0.25) is 0 Å². The quantitative estimate of drug-likeness (QED) is 0.604. The maximum absolute atomic E-state index is 6.12. The predicted octanol–water partition coefficient (Wildman–Crippen LogP) is 2.80. The second-order valence-electron chi connectivity index (χ2n) is 9.21. The molecule has 3 atom stereocenters. The fourth-order valence-electron chi connectivity index (χ4n) is 5.77. The Balaban J connectivity index is 1.19. The van der Waals surface area contributed by atoms with Crippen LogP contribution < -0.4 is 5.32 Å². The van der Waals surface area contributed by atoms with Crippen LogP contribution in [0.3, 0.4) is 0 Å². The van der Waals surface area contributed by atoms with Gasteiger partial charge >= 0.3 is 0 Å². The lowest BCUT2D eigenvalue weighted by Gasteiger charge is -2.63. The van der Waals surface area contributed by atoms with Gasteiger partial charge in [0.05, 0.1) is 12.2 Å². The van der Waals surface area contributed by atoms with Crippen molar-refractivity contribution < 1.29 is 9.47 Å². The van der Waals surface area contributed by atoms with E-state index in [1.807, 2.05) is 0 Å². The van der Waals surface area contributed by atoms with Crippen molar-refractivity contribution in [3.05, 3.63) is 0 Å². The van der Waals surface area contributed by atoms with E-state index >= 15 is 0 Å². The minimum Gasteiger partial charge on any atom is -0.378 e. The number of hydrogen-bond donors (Lipinski definition) is 1. The molecule has 3 aliphatic carbocycles. The second-order valence-corrected chi connectivity index (χ2v) is 9.21.